The molecule has 96 valence electrons. The maximum atomic E-state index is 11.9. The van der Waals surface area contributed by atoms with Crippen LogP contribution < -0.4 is 4.90 Å². The van der Waals surface area contributed by atoms with Crippen molar-refractivity contribution in [1.82, 2.24) is 0 Å². The standard InChI is InChI=1S/C13H14ClNO3/c1-2-18-13(17)15-10-6-4-3-5-9(10)7-11(15)12(16)8-14/h3-6,11H,2,7-8H2,1H3. The van der Waals surface area contributed by atoms with Gasteiger partial charge in [-0.3, -0.25) is 9.69 Å². The number of hydrogen-bond donors (Lipinski definition) is 0. The van der Waals surface area contributed by atoms with Crippen LogP contribution in [0.2, 0.25) is 0 Å². The predicted molar refractivity (Wildman–Crippen MR) is 69.2 cm³/mol. The number of carbonyl (C=O) groups excluding carboxylic acids is 2. The maximum Gasteiger partial charge on any atom is 0.414 e. The molecule has 0 saturated carbocycles. The number of benzene rings is 1. The van der Waals surface area contributed by atoms with Gasteiger partial charge in [-0.05, 0) is 18.6 Å². The summed E-state index contributed by atoms with van der Waals surface area (Å²) in [6.07, 6.45) is 0.00602. The van der Waals surface area contributed by atoms with Crippen LogP contribution in [0.1, 0.15) is 12.5 Å². The van der Waals surface area contributed by atoms with Crippen molar-refractivity contribution in [2.24, 2.45) is 0 Å². The summed E-state index contributed by atoms with van der Waals surface area (Å²) in [6, 6.07) is 6.89. The van der Waals surface area contributed by atoms with Crippen molar-refractivity contribution < 1.29 is 14.3 Å². The van der Waals surface area contributed by atoms with E-state index >= 15 is 0 Å². The number of Topliss-reactive ketones (excluding diaryl/α,β-unsaturated/α-hetero) is 1. The molecule has 0 fully saturated rings. The van der Waals surface area contributed by atoms with Gasteiger partial charge in [-0.25, -0.2) is 4.79 Å². The second-order valence-electron chi connectivity index (χ2n) is 4.02. The molecule has 0 aromatic heterocycles. The van der Waals surface area contributed by atoms with Crippen molar-refractivity contribution >= 4 is 29.2 Å². The number of nitrogens with zero attached hydrogens (tertiary/aromatic N) is 1. The van der Waals surface area contributed by atoms with Crippen LogP contribution in [0, 0.1) is 0 Å². The van der Waals surface area contributed by atoms with Gasteiger partial charge in [-0.15, -0.1) is 11.6 Å². The first-order chi connectivity index (χ1) is 8.69. The largest absolute Gasteiger partial charge is 0.449 e. The Morgan fingerprint density at radius 1 is 1.44 bits per heavy atom. The van der Waals surface area contributed by atoms with Gasteiger partial charge in [0.15, 0.2) is 5.78 Å². The fourth-order valence-electron chi connectivity index (χ4n) is 2.15. The number of anilines is 1. The molecule has 0 saturated heterocycles. The molecule has 18 heavy (non-hydrogen) atoms. The molecule has 1 aromatic carbocycles. The number of hydrogen-bond acceptors (Lipinski definition) is 3. The topological polar surface area (TPSA) is 46.6 Å². The highest BCUT2D eigenvalue weighted by Crippen LogP contribution is 2.33. The first kappa shape index (κ1) is 12.9. The summed E-state index contributed by atoms with van der Waals surface area (Å²) in [5.41, 5.74) is 1.70. The van der Waals surface area contributed by atoms with E-state index in [0.717, 1.165) is 11.3 Å². The minimum Gasteiger partial charge on any atom is -0.449 e. The lowest BCUT2D eigenvalue weighted by atomic mass is 10.1. The fraction of sp³-hybridized carbons (Fsp3) is 0.385. The van der Waals surface area contributed by atoms with E-state index in [1.165, 1.54) is 4.90 Å². The van der Waals surface area contributed by atoms with Crippen molar-refractivity contribution in [3.63, 3.8) is 0 Å². The summed E-state index contributed by atoms with van der Waals surface area (Å²) in [5, 5.41) is 0. The highest BCUT2D eigenvalue weighted by molar-refractivity contribution is 6.29. The Kier molecular flexibility index (Phi) is 3.87. The molecule has 5 heteroatoms. The number of ether oxygens (including phenoxy) is 1. The van der Waals surface area contributed by atoms with E-state index in [4.69, 9.17) is 16.3 Å². The van der Waals surface area contributed by atoms with Gasteiger partial charge < -0.3 is 4.74 Å². The summed E-state index contributed by atoms with van der Waals surface area (Å²) >= 11 is 5.59. The quantitative estimate of drug-likeness (QED) is 0.790. The average Bonchev–Trinajstić information content (AvgIpc) is 2.77. The van der Waals surface area contributed by atoms with E-state index in [1.54, 1.807) is 6.92 Å². The Hall–Kier alpha value is -1.55. The van der Waals surface area contributed by atoms with Crippen LogP contribution in [0.15, 0.2) is 24.3 Å². The molecule has 4 nitrogen and oxygen atoms in total. The number of rotatable bonds is 3. The smallest absolute Gasteiger partial charge is 0.414 e. The summed E-state index contributed by atoms with van der Waals surface area (Å²) in [6.45, 7) is 2.01. The minimum atomic E-state index is -0.543. The Morgan fingerprint density at radius 2 is 2.17 bits per heavy atom. The lowest BCUT2D eigenvalue weighted by molar-refractivity contribution is -0.117. The van der Waals surface area contributed by atoms with E-state index in [2.05, 4.69) is 0 Å². The van der Waals surface area contributed by atoms with E-state index in [1.807, 2.05) is 24.3 Å². The molecule has 0 N–H and O–H groups in total. The lowest BCUT2D eigenvalue weighted by Gasteiger charge is -2.23. The fourth-order valence-corrected chi connectivity index (χ4v) is 2.33. The molecule has 1 unspecified atom stereocenters. The summed E-state index contributed by atoms with van der Waals surface area (Å²) in [5.74, 6) is -0.268. The first-order valence-corrected chi connectivity index (χ1v) is 6.35. The molecule has 0 radical (unpaired) electrons. The van der Waals surface area contributed by atoms with Gasteiger partial charge in [-0.1, -0.05) is 18.2 Å². The first-order valence-electron chi connectivity index (χ1n) is 5.81. The van der Waals surface area contributed by atoms with E-state index in [9.17, 15) is 9.59 Å². The number of carbonyl (C=O) groups is 2. The van der Waals surface area contributed by atoms with Crippen LogP contribution in [0.4, 0.5) is 10.5 Å². The third-order valence-electron chi connectivity index (χ3n) is 2.94. The van der Waals surface area contributed by atoms with Crippen LogP contribution in [-0.2, 0) is 16.0 Å². The molecule has 1 aliphatic heterocycles. The average molecular weight is 268 g/mol. The SMILES string of the molecule is CCOC(=O)N1c2ccccc2CC1C(=O)CCl. The zero-order chi connectivity index (χ0) is 13.1. The summed E-state index contributed by atoms with van der Waals surface area (Å²) < 4.78 is 5.00. The highest BCUT2D eigenvalue weighted by Gasteiger charge is 2.38. The molecule has 1 atom stereocenters. The van der Waals surface area contributed by atoms with Crippen molar-refractivity contribution in [1.29, 1.82) is 0 Å². The number of amides is 1. The number of alkyl halides is 1. The molecular weight excluding hydrogens is 254 g/mol. The van der Waals surface area contributed by atoms with Crippen LogP contribution in [-0.4, -0.2) is 30.4 Å². The Bertz CT molecular complexity index is 475. The van der Waals surface area contributed by atoms with E-state index in [-0.39, 0.29) is 18.3 Å². The molecule has 1 amide bonds. The van der Waals surface area contributed by atoms with Gasteiger partial charge in [0.1, 0.15) is 6.04 Å². The van der Waals surface area contributed by atoms with Crippen molar-refractivity contribution in [2.45, 2.75) is 19.4 Å². The predicted octanol–water partition coefficient (Wildman–Crippen LogP) is 2.38. The third kappa shape index (κ3) is 2.20. The summed E-state index contributed by atoms with van der Waals surface area (Å²) in [7, 11) is 0. The Labute approximate surface area is 110 Å². The van der Waals surface area contributed by atoms with E-state index < -0.39 is 12.1 Å². The summed E-state index contributed by atoms with van der Waals surface area (Å²) in [4.78, 5) is 25.2. The zero-order valence-electron chi connectivity index (χ0n) is 10.1. The minimum absolute atomic E-state index is 0.103. The molecule has 1 heterocycles. The Morgan fingerprint density at radius 3 is 2.83 bits per heavy atom. The van der Waals surface area contributed by atoms with Gasteiger partial charge in [-0.2, -0.15) is 0 Å². The second-order valence-corrected chi connectivity index (χ2v) is 4.28. The molecule has 0 bridgehead atoms. The lowest BCUT2D eigenvalue weighted by Crippen LogP contribution is -2.43. The monoisotopic (exact) mass is 267 g/mol. The van der Waals surface area contributed by atoms with Gasteiger partial charge in [0.25, 0.3) is 0 Å². The van der Waals surface area contributed by atoms with Crippen LogP contribution in [0.3, 0.4) is 0 Å². The van der Waals surface area contributed by atoms with Crippen LogP contribution >= 0.6 is 11.6 Å². The Balaban J connectivity index is 2.35. The molecule has 0 aliphatic carbocycles. The molecule has 1 aromatic rings. The zero-order valence-corrected chi connectivity index (χ0v) is 10.8. The molecule has 0 spiro atoms. The van der Waals surface area contributed by atoms with Crippen LogP contribution in [0.5, 0.6) is 0 Å². The van der Waals surface area contributed by atoms with Gasteiger partial charge in [0, 0.05) is 6.42 Å². The molecule has 2 rings (SSSR count). The number of fused-ring (bicyclic) bond motifs is 1. The van der Waals surface area contributed by atoms with Crippen molar-refractivity contribution in [2.75, 3.05) is 17.4 Å². The number of para-hydroxylation sites is 1. The maximum absolute atomic E-state index is 11.9. The molecular formula is C13H14ClNO3. The van der Waals surface area contributed by atoms with Gasteiger partial charge in [0.2, 0.25) is 0 Å². The van der Waals surface area contributed by atoms with Crippen molar-refractivity contribution in [3.8, 4) is 0 Å². The number of ketones is 1. The molecule has 1 aliphatic rings. The van der Waals surface area contributed by atoms with Crippen LogP contribution in [0.25, 0.3) is 0 Å². The highest BCUT2D eigenvalue weighted by atomic mass is 35.5. The van der Waals surface area contributed by atoms with E-state index in [0.29, 0.717) is 6.42 Å². The number of halogens is 1. The second kappa shape index (κ2) is 5.40. The van der Waals surface area contributed by atoms with Gasteiger partial charge in [0.05, 0.1) is 18.2 Å². The normalized spacial score (nSPS) is 17.4. The van der Waals surface area contributed by atoms with Gasteiger partial charge >= 0.3 is 6.09 Å². The third-order valence-corrected chi connectivity index (χ3v) is 3.21. The van der Waals surface area contributed by atoms with Crippen molar-refractivity contribution in [3.05, 3.63) is 29.8 Å².